The van der Waals surface area contributed by atoms with E-state index in [9.17, 15) is 4.79 Å². The lowest BCUT2D eigenvalue weighted by molar-refractivity contribution is 0.0478. The highest BCUT2D eigenvalue weighted by Gasteiger charge is 2.09. The standard InChI is InChI=1S/C13H11BrO3S/c1-16-10-4-2-9(3-5-10)8-17-13(15)11-6-7-12(14)18-11/h2-7H,8H2,1H3. The minimum Gasteiger partial charge on any atom is -0.497 e. The fourth-order valence-corrected chi connectivity index (χ4v) is 2.65. The molecule has 5 heteroatoms. The van der Waals surface area contributed by atoms with Crippen molar-refractivity contribution in [3.05, 3.63) is 50.6 Å². The lowest BCUT2D eigenvalue weighted by Crippen LogP contribution is -2.02. The van der Waals surface area contributed by atoms with E-state index in [0.717, 1.165) is 15.1 Å². The van der Waals surface area contributed by atoms with Crippen LogP contribution in [0.3, 0.4) is 0 Å². The highest BCUT2D eigenvalue weighted by atomic mass is 79.9. The Balaban J connectivity index is 1.92. The summed E-state index contributed by atoms with van der Waals surface area (Å²) in [6, 6.07) is 11.0. The molecule has 0 bridgehead atoms. The van der Waals surface area contributed by atoms with E-state index >= 15 is 0 Å². The molecule has 0 aliphatic rings. The van der Waals surface area contributed by atoms with Crippen LogP contribution in [0.25, 0.3) is 0 Å². The van der Waals surface area contributed by atoms with Crippen LogP contribution in [0.1, 0.15) is 15.2 Å². The largest absolute Gasteiger partial charge is 0.497 e. The molecule has 0 saturated carbocycles. The van der Waals surface area contributed by atoms with Gasteiger partial charge in [0.15, 0.2) is 0 Å². The highest BCUT2D eigenvalue weighted by molar-refractivity contribution is 9.11. The van der Waals surface area contributed by atoms with Gasteiger partial charge in [0.25, 0.3) is 0 Å². The third-order valence-corrected chi connectivity index (χ3v) is 3.91. The number of thiophene rings is 1. The minimum atomic E-state index is -0.304. The average molecular weight is 327 g/mol. The number of hydrogen-bond donors (Lipinski definition) is 0. The number of hydrogen-bond acceptors (Lipinski definition) is 4. The Morgan fingerprint density at radius 1 is 1.22 bits per heavy atom. The van der Waals surface area contributed by atoms with Crippen LogP contribution in [0.15, 0.2) is 40.2 Å². The summed E-state index contributed by atoms with van der Waals surface area (Å²) in [7, 11) is 1.61. The van der Waals surface area contributed by atoms with E-state index in [1.54, 1.807) is 13.2 Å². The summed E-state index contributed by atoms with van der Waals surface area (Å²) in [5.41, 5.74) is 0.930. The van der Waals surface area contributed by atoms with Gasteiger partial charge >= 0.3 is 5.97 Å². The first-order chi connectivity index (χ1) is 8.69. The lowest BCUT2D eigenvalue weighted by Gasteiger charge is -2.04. The van der Waals surface area contributed by atoms with E-state index < -0.39 is 0 Å². The monoisotopic (exact) mass is 326 g/mol. The summed E-state index contributed by atoms with van der Waals surface area (Å²) in [5.74, 6) is 0.480. The molecule has 0 amide bonds. The van der Waals surface area contributed by atoms with Gasteiger partial charge in [-0.05, 0) is 45.8 Å². The van der Waals surface area contributed by atoms with Gasteiger partial charge in [-0.1, -0.05) is 12.1 Å². The SMILES string of the molecule is COc1ccc(COC(=O)c2ccc(Br)s2)cc1. The first-order valence-electron chi connectivity index (χ1n) is 5.24. The Kier molecular flexibility index (Phi) is 4.38. The summed E-state index contributed by atoms with van der Waals surface area (Å²) in [6.07, 6.45) is 0. The van der Waals surface area contributed by atoms with E-state index in [0.29, 0.717) is 4.88 Å². The minimum absolute atomic E-state index is 0.262. The first-order valence-corrected chi connectivity index (χ1v) is 6.85. The van der Waals surface area contributed by atoms with Crippen molar-refractivity contribution in [2.75, 3.05) is 7.11 Å². The van der Waals surface area contributed by atoms with E-state index in [1.165, 1.54) is 11.3 Å². The zero-order valence-corrected chi connectivity index (χ0v) is 12.1. The van der Waals surface area contributed by atoms with Crippen molar-refractivity contribution in [2.24, 2.45) is 0 Å². The topological polar surface area (TPSA) is 35.5 Å². The zero-order chi connectivity index (χ0) is 13.0. The van der Waals surface area contributed by atoms with Crippen LogP contribution in [-0.2, 0) is 11.3 Å². The summed E-state index contributed by atoms with van der Waals surface area (Å²) < 4.78 is 11.2. The van der Waals surface area contributed by atoms with Gasteiger partial charge in [0.1, 0.15) is 17.2 Å². The summed E-state index contributed by atoms with van der Waals surface area (Å²) in [5, 5.41) is 0. The first kappa shape index (κ1) is 13.1. The molecule has 0 N–H and O–H groups in total. The third-order valence-electron chi connectivity index (χ3n) is 2.30. The van der Waals surface area contributed by atoms with E-state index in [4.69, 9.17) is 9.47 Å². The third kappa shape index (κ3) is 3.34. The quantitative estimate of drug-likeness (QED) is 0.800. The molecule has 1 heterocycles. The molecule has 0 atom stereocenters. The molecule has 0 aliphatic carbocycles. The van der Waals surface area contributed by atoms with Crippen LogP contribution in [0.2, 0.25) is 0 Å². The van der Waals surface area contributed by atoms with Crippen molar-refractivity contribution in [3.8, 4) is 5.75 Å². The summed E-state index contributed by atoms with van der Waals surface area (Å²) >= 11 is 4.67. The average Bonchev–Trinajstić information content (AvgIpc) is 2.83. The van der Waals surface area contributed by atoms with Crippen LogP contribution in [0, 0.1) is 0 Å². The van der Waals surface area contributed by atoms with Crippen molar-refractivity contribution in [1.29, 1.82) is 0 Å². The Hall–Kier alpha value is -1.33. The number of methoxy groups -OCH3 is 1. The molecule has 0 fully saturated rings. The molecule has 2 aromatic rings. The van der Waals surface area contributed by atoms with Crippen molar-refractivity contribution in [2.45, 2.75) is 6.61 Å². The van der Waals surface area contributed by atoms with Gasteiger partial charge in [-0.15, -0.1) is 11.3 Å². The molecule has 94 valence electrons. The van der Waals surface area contributed by atoms with Crippen molar-refractivity contribution >= 4 is 33.2 Å². The molecular formula is C13H11BrO3S. The van der Waals surface area contributed by atoms with Gasteiger partial charge in [0.05, 0.1) is 10.9 Å². The Labute approximate surface area is 117 Å². The molecule has 2 rings (SSSR count). The van der Waals surface area contributed by atoms with Crippen LogP contribution in [0.4, 0.5) is 0 Å². The number of carbonyl (C=O) groups excluding carboxylic acids is 1. The number of ether oxygens (including phenoxy) is 2. The predicted molar refractivity (Wildman–Crippen MR) is 74.1 cm³/mol. The molecule has 0 spiro atoms. The second kappa shape index (κ2) is 6.02. The fraction of sp³-hybridized carbons (Fsp3) is 0.154. The van der Waals surface area contributed by atoms with Crippen LogP contribution < -0.4 is 4.74 Å². The summed E-state index contributed by atoms with van der Waals surface area (Å²) in [6.45, 7) is 0.262. The number of carbonyl (C=O) groups is 1. The Morgan fingerprint density at radius 2 is 1.94 bits per heavy atom. The maximum atomic E-state index is 11.7. The highest BCUT2D eigenvalue weighted by Crippen LogP contribution is 2.23. The normalized spacial score (nSPS) is 10.1. The maximum absolute atomic E-state index is 11.7. The lowest BCUT2D eigenvalue weighted by atomic mass is 10.2. The maximum Gasteiger partial charge on any atom is 0.348 e. The molecule has 1 aromatic heterocycles. The molecule has 0 saturated heterocycles. The van der Waals surface area contributed by atoms with Gasteiger partial charge in [-0.25, -0.2) is 4.79 Å². The number of esters is 1. The molecular weight excluding hydrogens is 316 g/mol. The number of benzene rings is 1. The van der Waals surface area contributed by atoms with E-state index in [2.05, 4.69) is 15.9 Å². The second-order valence-electron chi connectivity index (χ2n) is 3.53. The van der Waals surface area contributed by atoms with Gasteiger partial charge in [0.2, 0.25) is 0 Å². The zero-order valence-electron chi connectivity index (χ0n) is 9.68. The van der Waals surface area contributed by atoms with Crippen molar-refractivity contribution in [3.63, 3.8) is 0 Å². The molecule has 0 radical (unpaired) electrons. The van der Waals surface area contributed by atoms with Gasteiger partial charge < -0.3 is 9.47 Å². The van der Waals surface area contributed by atoms with Gasteiger partial charge in [0, 0.05) is 0 Å². The number of rotatable bonds is 4. The predicted octanol–water partition coefficient (Wildman–Crippen LogP) is 3.88. The van der Waals surface area contributed by atoms with E-state index in [1.807, 2.05) is 30.3 Å². The van der Waals surface area contributed by atoms with Crippen LogP contribution in [0.5, 0.6) is 5.75 Å². The second-order valence-corrected chi connectivity index (χ2v) is 5.99. The number of halogens is 1. The molecule has 3 nitrogen and oxygen atoms in total. The van der Waals surface area contributed by atoms with Crippen LogP contribution in [-0.4, -0.2) is 13.1 Å². The Morgan fingerprint density at radius 3 is 2.50 bits per heavy atom. The molecule has 1 aromatic carbocycles. The molecule has 0 aliphatic heterocycles. The van der Waals surface area contributed by atoms with Crippen molar-refractivity contribution < 1.29 is 14.3 Å². The van der Waals surface area contributed by atoms with Gasteiger partial charge in [-0.2, -0.15) is 0 Å². The summed E-state index contributed by atoms with van der Waals surface area (Å²) in [4.78, 5) is 12.3. The van der Waals surface area contributed by atoms with E-state index in [-0.39, 0.29) is 12.6 Å². The van der Waals surface area contributed by atoms with Gasteiger partial charge in [-0.3, -0.25) is 0 Å². The molecule has 0 unspecified atom stereocenters. The van der Waals surface area contributed by atoms with Crippen LogP contribution >= 0.6 is 27.3 Å². The Bertz CT molecular complexity index is 533. The van der Waals surface area contributed by atoms with Crippen molar-refractivity contribution in [1.82, 2.24) is 0 Å². The molecule has 18 heavy (non-hydrogen) atoms. The fourth-order valence-electron chi connectivity index (χ4n) is 1.37. The smallest absolute Gasteiger partial charge is 0.348 e.